The Morgan fingerprint density at radius 3 is 2.65 bits per heavy atom. The molecule has 2 aromatic rings. The van der Waals surface area contributed by atoms with E-state index in [0.29, 0.717) is 12.4 Å². The zero-order valence-corrected chi connectivity index (χ0v) is 17.5. The highest BCUT2D eigenvalue weighted by Gasteiger charge is 2.21. The molecule has 1 saturated heterocycles. The number of anilines is 1. The molecule has 1 N–H and O–H groups in total. The number of hydrogen-bond acceptors (Lipinski definition) is 7. The minimum absolute atomic E-state index is 0.000306. The first-order valence-corrected chi connectivity index (χ1v) is 10.0. The van der Waals surface area contributed by atoms with Gasteiger partial charge in [0, 0.05) is 18.7 Å². The van der Waals surface area contributed by atoms with Crippen molar-refractivity contribution in [1.82, 2.24) is 0 Å². The zero-order chi connectivity index (χ0) is 22.4. The van der Waals surface area contributed by atoms with E-state index in [1.54, 1.807) is 24.3 Å². The molecular weight excluding hydrogens is 428 g/mol. The molecule has 0 saturated carbocycles. The minimum atomic E-state index is -1.12. The molecule has 3 rings (SSSR count). The lowest BCUT2D eigenvalue weighted by atomic mass is 10.2. The van der Waals surface area contributed by atoms with Gasteiger partial charge in [-0.15, -0.1) is 0 Å². The van der Waals surface area contributed by atoms with Crippen LogP contribution in [0.1, 0.15) is 30.1 Å². The fourth-order valence-corrected chi connectivity index (χ4v) is 3.11. The second kappa shape index (κ2) is 10.2. The summed E-state index contributed by atoms with van der Waals surface area (Å²) in [6.07, 6.45) is 0.971. The largest absolute Gasteiger partial charge is 0.491 e. The van der Waals surface area contributed by atoms with Crippen molar-refractivity contribution in [2.75, 3.05) is 18.5 Å². The summed E-state index contributed by atoms with van der Waals surface area (Å²) in [5, 5.41) is 13.2. The van der Waals surface area contributed by atoms with E-state index in [1.165, 1.54) is 19.1 Å². The van der Waals surface area contributed by atoms with Gasteiger partial charge in [-0.25, -0.2) is 4.79 Å². The summed E-state index contributed by atoms with van der Waals surface area (Å²) in [6, 6.07) is 10.0. The van der Waals surface area contributed by atoms with Crippen LogP contribution in [0.15, 0.2) is 42.5 Å². The molecule has 0 radical (unpaired) electrons. The van der Waals surface area contributed by atoms with E-state index in [2.05, 4.69) is 5.32 Å². The van der Waals surface area contributed by atoms with E-state index in [9.17, 15) is 19.7 Å². The van der Waals surface area contributed by atoms with Gasteiger partial charge in [0.2, 0.25) is 0 Å². The Morgan fingerprint density at radius 1 is 1.29 bits per heavy atom. The summed E-state index contributed by atoms with van der Waals surface area (Å²) in [7, 11) is 0. The molecular formula is C21H21ClN2O7. The third-order valence-electron chi connectivity index (χ3n) is 4.62. The van der Waals surface area contributed by atoms with Crippen LogP contribution in [0.4, 0.5) is 11.4 Å². The monoisotopic (exact) mass is 448 g/mol. The maximum absolute atomic E-state index is 12.3. The van der Waals surface area contributed by atoms with E-state index in [4.69, 9.17) is 25.8 Å². The van der Waals surface area contributed by atoms with Gasteiger partial charge in [-0.05, 0) is 50.1 Å². The molecule has 2 atom stereocenters. The van der Waals surface area contributed by atoms with Crippen LogP contribution in [0.2, 0.25) is 5.02 Å². The molecule has 31 heavy (non-hydrogen) atoms. The molecule has 1 aliphatic rings. The summed E-state index contributed by atoms with van der Waals surface area (Å²) in [4.78, 5) is 34.8. The third kappa shape index (κ3) is 6.16. The molecule has 1 heterocycles. The summed E-state index contributed by atoms with van der Waals surface area (Å²) in [6.45, 7) is 2.61. The number of halogens is 1. The Labute approximate surface area is 183 Å². The van der Waals surface area contributed by atoms with Gasteiger partial charge in [0.25, 0.3) is 11.6 Å². The van der Waals surface area contributed by atoms with Gasteiger partial charge < -0.3 is 19.5 Å². The highest BCUT2D eigenvalue weighted by molar-refractivity contribution is 6.34. The molecule has 1 amide bonds. The van der Waals surface area contributed by atoms with Gasteiger partial charge in [0.1, 0.15) is 12.4 Å². The van der Waals surface area contributed by atoms with Crippen molar-refractivity contribution in [2.24, 2.45) is 0 Å². The second-order valence-electron chi connectivity index (χ2n) is 6.93. The molecule has 9 nitrogen and oxygen atoms in total. The summed E-state index contributed by atoms with van der Waals surface area (Å²) < 4.78 is 16.3. The van der Waals surface area contributed by atoms with Crippen LogP contribution in [-0.4, -0.2) is 42.2 Å². The normalized spacial score (nSPS) is 16.4. The third-order valence-corrected chi connectivity index (χ3v) is 4.94. The molecule has 0 aromatic heterocycles. The first-order valence-electron chi connectivity index (χ1n) is 9.63. The topological polar surface area (TPSA) is 117 Å². The van der Waals surface area contributed by atoms with Crippen molar-refractivity contribution >= 4 is 34.9 Å². The summed E-state index contributed by atoms with van der Waals surface area (Å²) in [5.41, 5.74) is 0.232. The maximum atomic E-state index is 12.3. The predicted molar refractivity (Wildman–Crippen MR) is 113 cm³/mol. The fourth-order valence-electron chi connectivity index (χ4n) is 2.89. The number of nitrogens with zero attached hydrogens (tertiary/aromatic N) is 1. The number of amides is 1. The lowest BCUT2D eigenvalue weighted by Crippen LogP contribution is -2.30. The Bertz CT molecular complexity index is 959. The molecule has 2 unspecified atom stereocenters. The number of carbonyl (C=O) groups is 2. The van der Waals surface area contributed by atoms with E-state index < -0.39 is 22.9 Å². The molecule has 0 aliphatic carbocycles. The van der Waals surface area contributed by atoms with Crippen LogP contribution < -0.4 is 10.1 Å². The van der Waals surface area contributed by atoms with Crippen molar-refractivity contribution in [1.29, 1.82) is 0 Å². The number of ether oxygens (including phenoxy) is 3. The number of esters is 1. The number of carbonyl (C=O) groups excluding carboxylic acids is 2. The van der Waals surface area contributed by atoms with Gasteiger partial charge in [-0.3, -0.25) is 14.9 Å². The van der Waals surface area contributed by atoms with Crippen molar-refractivity contribution in [3.63, 3.8) is 0 Å². The number of benzene rings is 2. The number of rotatable bonds is 8. The lowest BCUT2D eigenvalue weighted by Gasteiger charge is -2.15. The van der Waals surface area contributed by atoms with E-state index in [-0.39, 0.29) is 28.1 Å². The van der Waals surface area contributed by atoms with Crippen molar-refractivity contribution < 1.29 is 28.7 Å². The van der Waals surface area contributed by atoms with E-state index in [1.807, 2.05) is 0 Å². The maximum Gasteiger partial charge on any atom is 0.338 e. The highest BCUT2D eigenvalue weighted by atomic mass is 35.5. The number of nitro groups is 1. The smallest absolute Gasteiger partial charge is 0.338 e. The summed E-state index contributed by atoms with van der Waals surface area (Å²) in [5.74, 6) is -0.700. The van der Waals surface area contributed by atoms with Crippen LogP contribution in [-0.2, 0) is 14.3 Å². The Balaban J connectivity index is 1.52. The van der Waals surface area contributed by atoms with Crippen molar-refractivity contribution in [2.45, 2.75) is 32.0 Å². The van der Waals surface area contributed by atoms with Gasteiger partial charge in [-0.2, -0.15) is 0 Å². The van der Waals surface area contributed by atoms with E-state index >= 15 is 0 Å². The number of non-ortho nitro benzene ring substituents is 1. The summed E-state index contributed by atoms with van der Waals surface area (Å²) >= 11 is 5.96. The highest BCUT2D eigenvalue weighted by Crippen LogP contribution is 2.27. The molecule has 10 heteroatoms. The van der Waals surface area contributed by atoms with Crippen LogP contribution in [0.5, 0.6) is 5.75 Å². The average molecular weight is 449 g/mol. The van der Waals surface area contributed by atoms with Crippen molar-refractivity contribution in [3.8, 4) is 5.75 Å². The van der Waals surface area contributed by atoms with Gasteiger partial charge >= 0.3 is 5.97 Å². The first-order chi connectivity index (χ1) is 14.8. The Morgan fingerprint density at radius 2 is 2.03 bits per heavy atom. The fraction of sp³-hybridized carbons (Fsp3) is 0.333. The standard InChI is InChI=1S/C21H21ClN2O7/c1-13(20(25)23-19-9-6-15(24(27)28)11-18(19)22)31-21(26)14-4-7-16(8-5-14)30-12-17-3-2-10-29-17/h4-9,11,13,17H,2-3,10,12H2,1H3,(H,23,25). The first kappa shape index (κ1) is 22.5. The number of nitrogens with one attached hydrogen (secondary N) is 1. The second-order valence-corrected chi connectivity index (χ2v) is 7.34. The molecule has 0 bridgehead atoms. The molecule has 1 aliphatic heterocycles. The Kier molecular flexibility index (Phi) is 7.43. The van der Waals surface area contributed by atoms with Crippen LogP contribution in [0.25, 0.3) is 0 Å². The quantitative estimate of drug-likeness (QED) is 0.368. The van der Waals surface area contributed by atoms with Crippen molar-refractivity contribution in [3.05, 3.63) is 63.2 Å². The SMILES string of the molecule is CC(OC(=O)c1ccc(OCC2CCCO2)cc1)C(=O)Nc1ccc([N+](=O)[O-])cc1Cl. The molecule has 2 aromatic carbocycles. The van der Waals surface area contributed by atoms with Gasteiger partial charge in [-0.1, -0.05) is 11.6 Å². The van der Waals surface area contributed by atoms with E-state index in [0.717, 1.165) is 25.5 Å². The predicted octanol–water partition coefficient (Wildman–Crippen LogP) is 3.99. The number of nitro benzene ring substituents is 1. The Hall–Kier alpha value is -3.17. The average Bonchev–Trinajstić information content (AvgIpc) is 3.27. The zero-order valence-electron chi connectivity index (χ0n) is 16.7. The molecule has 1 fully saturated rings. The van der Waals surface area contributed by atoms with Gasteiger partial charge in [0.15, 0.2) is 6.10 Å². The van der Waals surface area contributed by atoms with Gasteiger partial charge in [0.05, 0.1) is 27.3 Å². The minimum Gasteiger partial charge on any atom is -0.491 e. The van der Waals surface area contributed by atoms with Crippen LogP contribution in [0.3, 0.4) is 0 Å². The molecule has 0 spiro atoms. The van der Waals surface area contributed by atoms with Crippen LogP contribution in [0, 0.1) is 10.1 Å². The molecule has 164 valence electrons. The van der Waals surface area contributed by atoms with Crippen LogP contribution >= 0.6 is 11.6 Å². The lowest BCUT2D eigenvalue weighted by molar-refractivity contribution is -0.384. The number of hydrogen-bond donors (Lipinski definition) is 1.